The van der Waals surface area contributed by atoms with E-state index in [1.807, 2.05) is 47.0 Å². The zero-order chi connectivity index (χ0) is 16.7. The van der Waals surface area contributed by atoms with Crippen LogP contribution in [-0.2, 0) is 17.7 Å². The summed E-state index contributed by atoms with van der Waals surface area (Å²) in [6, 6.07) is 17.9. The Morgan fingerprint density at radius 3 is 2.50 bits per heavy atom. The summed E-state index contributed by atoms with van der Waals surface area (Å²) in [5, 5.41) is 0.624. The summed E-state index contributed by atoms with van der Waals surface area (Å²) >= 11 is 6.38. The van der Waals surface area contributed by atoms with Crippen LogP contribution in [0.3, 0.4) is 0 Å². The second-order valence-corrected chi connectivity index (χ2v) is 6.23. The first-order valence-corrected chi connectivity index (χ1v) is 8.23. The Morgan fingerprint density at radius 1 is 1.04 bits per heavy atom. The molecule has 3 nitrogen and oxygen atoms in total. The monoisotopic (exact) mass is 337 g/mol. The molecule has 4 heteroatoms. The van der Waals surface area contributed by atoms with Gasteiger partial charge in [0, 0.05) is 34.0 Å². The summed E-state index contributed by atoms with van der Waals surface area (Å²) in [6.45, 7) is 0.751. The lowest BCUT2D eigenvalue weighted by Gasteiger charge is -2.20. The van der Waals surface area contributed by atoms with E-state index in [0.717, 1.165) is 35.3 Å². The van der Waals surface area contributed by atoms with Gasteiger partial charge in [-0.2, -0.15) is 0 Å². The van der Waals surface area contributed by atoms with Crippen molar-refractivity contribution in [1.29, 1.82) is 0 Å². The number of aromatic nitrogens is 1. The molecule has 0 saturated heterocycles. The molecule has 0 atom stereocenters. The molecule has 2 heterocycles. The highest BCUT2D eigenvalue weighted by atomic mass is 35.5. The number of aryl methyl sites for hydroxylation is 1. The third-order valence-corrected chi connectivity index (χ3v) is 4.87. The highest BCUT2D eigenvalue weighted by Crippen LogP contribution is 2.39. The Hall–Kier alpha value is -2.52. The minimum atomic E-state index is -0.337. The molecular formula is C20H16ClNO2. The van der Waals surface area contributed by atoms with E-state index < -0.39 is 0 Å². The smallest absolute Gasteiger partial charge is 0.355 e. The molecule has 0 amide bonds. The van der Waals surface area contributed by atoms with Crippen LogP contribution in [-0.4, -0.2) is 17.6 Å². The lowest BCUT2D eigenvalue weighted by Crippen LogP contribution is -2.17. The van der Waals surface area contributed by atoms with Gasteiger partial charge in [-0.3, -0.25) is 0 Å². The third kappa shape index (κ3) is 2.24. The van der Waals surface area contributed by atoms with Crippen LogP contribution in [0.4, 0.5) is 0 Å². The molecule has 0 spiro atoms. The minimum absolute atomic E-state index is 0.337. The Morgan fingerprint density at radius 2 is 1.75 bits per heavy atom. The number of methoxy groups -OCH3 is 1. The number of benzene rings is 2. The number of carbonyl (C=O) groups is 1. The van der Waals surface area contributed by atoms with E-state index in [2.05, 4.69) is 12.1 Å². The minimum Gasteiger partial charge on any atom is -0.464 e. The second kappa shape index (κ2) is 5.84. The first-order chi connectivity index (χ1) is 11.7. The topological polar surface area (TPSA) is 31.2 Å². The van der Waals surface area contributed by atoms with Gasteiger partial charge in [-0.1, -0.05) is 54.1 Å². The van der Waals surface area contributed by atoms with Gasteiger partial charge < -0.3 is 9.30 Å². The first kappa shape index (κ1) is 15.0. The standard InChI is InChI=1S/C20H16ClNO2/c1-24-20(23)19-16(15-8-4-5-9-17(15)21)12-18-14-7-3-2-6-13(14)10-11-22(18)19/h2-9,12H,10-11H2,1H3. The zero-order valence-electron chi connectivity index (χ0n) is 13.3. The van der Waals surface area contributed by atoms with Crippen molar-refractivity contribution in [2.24, 2.45) is 0 Å². The highest BCUT2D eigenvalue weighted by Gasteiger charge is 2.27. The fourth-order valence-corrected chi connectivity index (χ4v) is 3.66. The molecule has 0 unspecified atom stereocenters. The van der Waals surface area contributed by atoms with Gasteiger partial charge in [0.05, 0.1) is 7.11 Å². The number of fused-ring (bicyclic) bond motifs is 3. The molecule has 0 radical (unpaired) electrons. The lowest BCUT2D eigenvalue weighted by molar-refractivity contribution is 0.0589. The van der Waals surface area contributed by atoms with Gasteiger partial charge in [0.1, 0.15) is 5.69 Å². The van der Waals surface area contributed by atoms with Crippen molar-refractivity contribution in [1.82, 2.24) is 4.57 Å². The van der Waals surface area contributed by atoms with Crippen LogP contribution in [0.5, 0.6) is 0 Å². The van der Waals surface area contributed by atoms with Crippen LogP contribution < -0.4 is 0 Å². The first-order valence-electron chi connectivity index (χ1n) is 7.85. The predicted molar refractivity (Wildman–Crippen MR) is 95.4 cm³/mol. The average Bonchev–Trinajstić information content (AvgIpc) is 3.01. The van der Waals surface area contributed by atoms with E-state index in [1.54, 1.807) is 0 Å². The van der Waals surface area contributed by atoms with E-state index in [9.17, 15) is 4.79 Å². The van der Waals surface area contributed by atoms with Gasteiger partial charge in [0.2, 0.25) is 0 Å². The summed E-state index contributed by atoms with van der Waals surface area (Å²) in [5.41, 5.74) is 5.72. The van der Waals surface area contributed by atoms with Crippen molar-refractivity contribution < 1.29 is 9.53 Å². The average molecular weight is 338 g/mol. The maximum Gasteiger partial charge on any atom is 0.355 e. The van der Waals surface area contributed by atoms with Gasteiger partial charge in [0.15, 0.2) is 0 Å². The van der Waals surface area contributed by atoms with Crippen LogP contribution in [0.25, 0.3) is 22.4 Å². The van der Waals surface area contributed by atoms with Crippen molar-refractivity contribution in [2.75, 3.05) is 7.11 Å². The molecule has 1 aliphatic rings. The number of halogens is 1. The van der Waals surface area contributed by atoms with Crippen LogP contribution in [0.1, 0.15) is 16.1 Å². The molecule has 0 aliphatic carbocycles. The highest BCUT2D eigenvalue weighted by molar-refractivity contribution is 6.33. The number of hydrogen-bond donors (Lipinski definition) is 0. The van der Waals surface area contributed by atoms with E-state index in [0.29, 0.717) is 10.7 Å². The van der Waals surface area contributed by atoms with Gasteiger partial charge in [-0.25, -0.2) is 4.79 Å². The third-order valence-electron chi connectivity index (χ3n) is 4.54. The van der Waals surface area contributed by atoms with Crippen molar-refractivity contribution >= 4 is 17.6 Å². The van der Waals surface area contributed by atoms with Crippen LogP contribution >= 0.6 is 11.6 Å². The largest absolute Gasteiger partial charge is 0.464 e. The number of hydrogen-bond acceptors (Lipinski definition) is 2. The second-order valence-electron chi connectivity index (χ2n) is 5.82. The normalized spacial score (nSPS) is 12.4. The van der Waals surface area contributed by atoms with Crippen molar-refractivity contribution in [3.8, 4) is 22.4 Å². The van der Waals surface area contributed by atoms with E-state index in [-0.39, 0.29) is 5.97 Å². The molecule has 24 heavy (non-hydrogen) atoms. The summed E-state index contributed by atoms with van der Waals surface area (Å²) in [4.78, 5) is 12.5. The molecule has 0 fully saturated rings. The Labute approximate surface area is 145 Å². The maximum atomic E-state index is 12.5. The van der Waals surface area contributed by atoms with Crippen molar-refractivity contribution in [3.05, 3.63) is 70.9 Å². The number of rotatable bonds is 2. The molecule has 4 rings (SSSR count). The summed E-state index contributed by atoms with van der Waals surface area (Å²) in [5.74, 6) is -0.337. The molecule has 0 saturated carbocycles. The molecule has 120 valence electrons. The van der Waals surface area contributed by atoms with Crippen molar-refractivity contribution in [2.45, 2.75) is 13.0 Å². The van der Waals surface area contributed by atoms with E-state index in [1.165, 1.54) is 12.7 Å². The number of nitrogens with zero attached hydrogens (tertiary/aromatic N) is 1. The van der Waals surface area contributed by atoms with Crippen LogP contribution in [0, 0.1) is 0 Å². The van der Waals surface area contributed by atoms with Gasteiger partial charge in [0.25, 0.3) is 0 Å². The maximum absolute atomic E-state index is 12.5. The lowest BCUT2D eigenvalue weighted by atomic mass is 9.98. The summed E-state index contributed by atoms with van der Waals surface area (Å²) < 4.78 is 7.10. The summed E-state index contributed by atoms with van der Waals surface area (Å²) in [6.07, 6.45) is 0.893. The van der Waals surface area contributed by atoms with Gasteiger partial charge in [-0.05, 0) is 24.1 Å². The Bertz CT molecular complexity index is 943. The van der Waals surface area contributed by atoms with E-state index in [4.69, 9.17) is 16.3 Å². The fraction of sp³-hybridized carbons (Fsp3) is 0.150. The quantitative estimate of drug-likeness (QED) is 0.628. The molecular weight excluding hydrogens is 322 g/mol. The zero-order valence-corrected chi connectivity index (χ0v) is 14.0. The summed E-state index contributed by atoms with van der Waals surface area (Å²) in [7, 11) is 1.41. The van der Waals surface area contributed by atoms with E-state index >= 15 is 0 Å². The SMILES string of the molecule is COC(=O)c1c(-c2ccccc2Cl)cc2n1CCc1ccccc1-2. The Balaban J connectivity index is 2.01. The number of ether oxygens (including phenoxy) is 1. The fourth-order valence-electron chi connectivity index (χ4n) is 3.43. The molecule has 0 bridgehead atoms. The van der Waals surface area contributed by atoms with Gasteiger partial charge in [-0.15, -0.1) is 0 Å². The molecule has 1 aromatic heterocycles. The van der Waals surface area contributed by atoms with Crippen LogP contribution in [0.2, 0.25) is 5.02 Å². The Kier molecular flexibility index (Phi) is 3.66. The molecule has 3 aromatic rings. The van der Waals surface area contributed by atoms with Gasteiger partial charge >= 0.3 is 5.97 Å². The van der Waals surface area contributed by atoms with Crippen LogP contribution in [0.15, 0.2) is 54.6 Å². The molecule has 1 aliphatic heterocycles. The van der Waals surface area contributed by atoms with Crippen molar-refractivity contribution in [3.63, 3.8) is 0 Å². The number of esters is 1. The predicted octanol–water partition coefficient (Wildman–Crippen LogP) is 4.82. The molecule has 2 aromatic carbocycles. The number of carbonyl (C=O) groups excluding carboxylic acids is 1. The molecule has 0 N–H and O–H groups in total.